The summed E-state index contributed by atoms with van der Waals surface area (Å²) in [7, 11) is 0. The van der Waals surface area contributed by atoms with E-state index in [0.717, 1.165) is 0 Å². The molecular weight excluding hydrogens is 274 g/mol. The number of aliphatic carboxylic acids is 2. The zero-order chi connectivity index (χ0) is 7.28. The van der Waals surface area contributed by atoms with Gasteiger partial charge in [0.1, 0.15) is 0 Å². The van der Waals surface area contributed by atoms with Crippen LogP contribution in [0, 0.1) is 0 Å². The van der Waals surface area contributed by atoms with Crippen LogP contribution in [0.4, 0.5) is 0 Å². The van der Waals surface area contributed by atoms with E-state index in [2.05, 4.69) is 5.32 Å². The van der Waals surface area contributed by atoms with Crippen LogP contribution in [-0.4, -0.2) is 25.0 Å². The third kappa shape index (κ3) is 34.4. The van der Waals surface area contributed by atoms with E-state index in [4.69, 9.17) is 0 Å². The quantitative estimate of drug-likeness (QED) is 0.383. The van der Waals surface area contributed by atoms with E-state index in [9.17, 15) is 19.8 Å². The maximum absolute atomic E-state index is 9.59. The number of carboxylic acid groups (broad SMARTS) is 2. The summed E-state index contributed by atoms with van der Waals surface area (Å²) < 4.78 is 0. The van der Waals surface area contributed by atoms with Crippen molar-refractivity contribution >= 4 is 11.9 Å². The molecule has 0 aliphatic carbocycles. The molecule has 0 aromatic carbocycles. The monoisotopic (exact) mass is 288 g/mol. The van der Waals surface area contributed by atoms with Crippen LogP contribution in [0.2, 0.25) is 0 Å². The molecular formula is C4H14N4O4Pd. The van der Waals surface area contributed by atoms with Crippen molar-refractivity contribution in [2.75, 3.05) is 13.1 Å². The Morgan fingerprint density at radius 2 is 1.15 bits per heavy atom. The molecule has 0 fully saturated rings. The molecule has 0 radical (unpaired) electrons. The number of hydrogen-bond acceptors (Lipinski definition) is 8. The molecule has 8 nitrogen and oxygen atoms in total. The van der Waals surface area contributed by atoms with E-state index >= 15 is 0 Å². The Hall–Kier alpha value is -0.558. The maximum atomic E-state index is 9.59. The summed E-state index contributed by atoms with van der Waals surface area (Å²) in [5.41, 5.74) is 0. The molecule has 10 N–H and O–H groups in total. The molecule has 13 heavy (non-hydrogen) atoms. The average molecular weight is 289 g/mol. The Kier molecular flexibility index (Phi) is 39.6. The van der Waals surface area contributed by atoms with Crippen LogP contribution in [0.1, 0.15) is 0 Å². The first-order valence-corrected chi connectivity index (χ1v) is 2.23. The Balaban J connectivity index is -0.0000000533. The smallest absolute Gasteiger partial charge is 0.549 e. The largest absolute Gasteiger partial charge is 2.00 e. The molecule has 0 heterocycles. The number of carbonyl (C=O) groups excluding carboxylic acids is 2. The molecule has 0 bridgehead atoms. The van der Waals surface area contributed by atoms with Crippen molar-refractivity contribution in [1.82, 2.24) is 23.8 Å². The van der Waals surface area contributed by atoms with Crippen molar-refractivity contribution < 1.29 is 40.2 Å². The zero-order valence-corrected chi connectivity index (χ0v) is 8.54. The Bertz CT molecular complexity index is 119. The molecule has 0 atom stereocenters. The van der Waals surface area contributed by atoms with E-state index in [1.165, 1.54) is 0 Å². The summed E-state index contributed by atoms with van der Waals surface area (Å²) in [5.74, 6) is -2.67. The number of nitrogens with one attached hydrogen (secondary N) is 1. The fourth-order valence-electron chi connectivity index (χ4n) is 0.267. The van der Waals surface area contributed by atoms with Crippen molar-refractivity contribution in [3.05, 3.63) is 0 Å². The fraction of sp³-hybridized carbons (Fsp3) is 0.500. The Morgan fingerprint density at radius 1 is 0.923 bits per heavy atom. The SMILES string of the molecule is N.N.N.O=C([O-])CNCC(=O)[O-].[Pd+2]. The van der Waals surface area contributed by atoms with Crippen molar-refractivity contribution in [2.45, 2.75) is 0 Å². The summed E-state index contributed by atoms with van der Waals surface area (Å²) in [6.45, 7) is -0.929. The van der Waals surface area contributed by atoms with Gasteiger partial charge in [-0.25, -0.2) is 0 Å². The molecule has 84 valence electrons. The van der Waals surface area contributed by atoms with Crippen molar-refractivity contribution in [2.24, 2.45) is 0 Å². The van der Waals surface area contributed by atoms with Crippen molar-refractivity contribution in [3.63, 3.8) is 0 Å². The second-order valence-corrected chi connectivity index (χ2v) is 1.35. The van der Waals surface area contributed by atoms with Gasteiger partial charge in [-0.2, -0.15) is 0 Å². The van der Waals surface area contributed by atoms with Crippen LogP contribution in [-0.2, 0) is 30.0 Å². The molecule has 0 saturated heterocycles. The fourth-order valence-corrected chi connectivity index (χ4v) is 0.267. The molecule has 0 spiro atoms. The minimum atomic E-state index is -1.34. The van der Waals surface area contributed by atoms with Crippen molar-refractivity contribution in [3.8, 4) is 0 Å². The Morgan fingerprint density at radius 3 is 1.31 bits per heavy atom. The molecule has 0 aromatic heterocycles. The summed E-state index contributed by atoms with van der Waals surface area (Å²) >= 11 is 0. The molecule has 9 heteroatoms. The van der Waals surface area contributed by atoms with Crippen LogP contribution < -0.4 is 34.0 Å². The van der Waals surface area contributed by atoms with Gasteiger partial charge in [0.15, 0.2) is 0 Å². The number of rotatable bonds is 4. The molecule has 0 rings (SSSR count). The minimum Gasteiger partial charge on any atom is -0.549 e. The third-order valence-corrected chi connectivity index (χ3v) is 0.539. The second-order valence-electron chi connectivity index (χ2n) is 1.35. The first-order valence-electron chi connectivity index (χ1n) is 2.23. The number of carboxylic acids is 2. The zero-order valence-electron chi connectivity index (χ0n) is 6.98. The van der Waals surface area contributed by atoms with Gasteiger partial charge in [-0.05, 0) is 0 Å². The van der Waals surface area contributed by atoms with Gasteiger partial charge >= 0.3 is 20.4 Å². The van der Waals surface area contributed by atoms with Gasteiger partial charge in [0.05, 0.1) is 11.9 Å². The number of carbonyl (C=O) groups is 2. The number of hydrogen-bond donors (Lipinski definition) is 4. The van der Waals surface area contributed by atoms with Crippen LogP contribution in [0.5, 0.6) is 0 Å². The summed E-state index contributed by atoms with van der Waals surface area (Å²) in [5, 5.41) is 21.2. The average Bonchev–Trinajstić information content (AvgIpc) is 1.63. The van der Waals surface area contributed by atoms with Gasteiger partial charge in [-0.1, -0.05) is 0 Å². The summed E-state index contributed by atoms with van der Waals surface area (Å²) in [4.78, 5) is 19.2. The Labute approximate surface area is 89.5 Å². The standard InChI is InChI=1S/C4H7NO4.3H3N.Pd/c6-3(7)1-5-2-4(8)9;;;;/h5H,1-2H2,(H,6,7)(H,8,9);3*1H3;/q;;;;+2/p-2. The van der Waals surface area contributed by atoms with Gasteiger partial charge in [0.2, 0.25) is 0 Å². The minimum absolute atomic E-state index is 0. The van der Waals surface area contributed by atoms with E-state index < -0.39 is 25.0 Å². The summed E-state index contributed by atoms with van der Waals surface area (Å²) in [6.07, 6.45) is 0. The second kappa shape index (κ2) is 17.5. The maximum Gasteiger partial charge on any atom is 2.00 e. The van der Waals surface area contributed by atoms with E-state index in [1.807, 2.05) is 0 Å². The molecule has 0 amide bonds. The molecule has 0 aromatic rings. The molecule has 0 saturated carbocycles. The first kappa shape index (κ1) is 29.4. The van der Waals surface area contributed by atoms with E-state index in [0.29, 0.717) is 0 Å². The van der Waals surface area contributed by atoms with Crippen LogP contribution in [0.3, 0.4) is 0 Å². The molecule has 0 aliphatic rings. The van der Waals surface area contributed by atoms with Gasteiger partial charge in [0.25, 0.3) is 0 Å². The predicted molar refractivity (Wildman–Crippen MR) is 38.0 cm³/mol. The van der Waals surface area contributed by atoms with Crippen LogP contribution in [0.25, 0.3) is 0 Å². The van der Waals surface area contributed by atoms with E-state index in [1.54, 1.807) is 0 Å². The topological polar surface area (TPSA) is 197 Å². The molecule has 0 unspecified atom stereocenters. The third-order valence-electron chi connectivity index (χ3n) is 0.539. The predicted octanol–water partition coefficient (Wildman–Crippen LogP) is -3.44. The van der Waals surface area contributed by atoms with Gasteiger partial charge in [0, 0.05) is 13.1 Å². The van der Waals surface area contributed by atoms with Crippen LogP contribution >= 0.6 is 0 Å². The normalized spacial score (nSPS) is 6.15. The van der Waals surface area contributed by atoms with Crippen LogP contribution in [0.15, 0.2) is 0 Å². The van der Waals surface area contributed by atoms with Gasteiger partial charge < -0.3 is 43.6 Å². The summed E-state index contributed by atoms with van der Waals surface area (Å²) in [6, 6.07) is 0. The van der Waals surface area contributed by atoms with Gasteiger partial charge in [-0.15, -0.1) is 0 Å². The first-order chi connectivity index (χ1) is 4.13. The van der Waals surface area contributed by atoms with E-state index in [-0.39, 0.29) is 38.9 Å². The molecule has 0 aliphatic heterocycles. The van der Waals surface area contributed by atoms with Gasteiger partial charge in [-0.3, -0.25) is 0 Å². The van der Waals surface area contributed by atoms with Crippen molar-refractivity contribution in [1.29, 1.82) is 0 Å².